The number of pyridine rings is 1. The Morgan fingerprint density at radius 3 is 2.32 bits per heavy atom. The highest BCUT2D eigenvalue weighted by Crippen LogP contribution is 2.21. The number of nitrogens with zero attached hydrogens (tertiary/aromatic N) is 1. The van der Waals surface area contributed by atoms with Gasteiger partial charge in [0.15, 0.2) is 5.78 Å². The average molecular weight is 426 g/mol. The van der Waals surface area contributed by atoms with Crippen LogP contribution >= 0.6 is 0 Å². The summed E-state index contributed by atoms with van der Waals surface area (Å²) in [6, 6.07) is 11.9. The molecule has 0 atom stereocenters. The second-order valence-corrected chi connectivity index (χ2v) is 6.87. The Balaban J connectivity index is 1.88. The first kappa shape index (κ1) is 21.9. The first-order chi connectivity index (χ1) is 14.8. The van der Waals surface area contributed by atoms with Crippen LogP contribution in [0.25, 0.3) is 5.69 Å². The first-order valence-electron chi connectivity index (χ1n) is 9.52. The fourth-order valence-electron chi connectivity index (χ4n) is 3.13. The van der Waals surface area contributed by atoms with E-state index in [1.165, 1.54) is 13.0 Å². The number of anilines is 1. The van der Waals surface area contributed by atoms with E-state index >= 15 is 0 Å². The molecule has 3 aromatic rings. The molecular formula is C23H20F2N2O4. The van der Waals surface area contributed by atoms with Gasteiger partial charge in [0.05, 0.1) is 23.4 Å². The summed E-state index contributed by atoms with van der Waals surface area (Å²) in [4.78, 5) is 36.0. The van der Waals surface area contributed by atoms with E-state index in [1.54, 1.807) is 24.3 Å². The molecule has 6 nitrogen and oxygen atoms in total. The molecule has 0 aliphatic heterocycles. The zero-order valence-electron chi connectivity index (χ0n) is 16.7. The van der Waals surface area contributed by atoms with Crippen molar-refractivity contribution in [2.45, 2.75) is 19.8 Å². The summed E-state index contributed by atoms with van der Waals surface area (Å²) < 4.78 is 33.2. The minimum atomic E-state index is -1.01. The van der Waals surface area contributed by atoms with Crippen LogP contribution in [0.5, 0.6) is 0 Å². The highest BCUT2D eigenvalue weighted by Gasteiger charge is 2.20. The summed E-state index contributed by atoms with van der Waals surface area (Å²) in [5, 5.41) is 0. The maximum absolute atomic E-state index is 14.0. The molecule has 0 fully saturated rings. The highest BCUT2D eigenvalue weighted by atomic mass is 19.1. The highest BCUT2D eigenvalue weighted by molar-refractivity contribution is 6.11. The van der Waals surface area contributed by atoms with Crippen LogP contribution < -0.4 is 11.3 Å². The van der Waals surface area contributed by atoms with Gasteiger partial charge < -0.3 is 10.5 Å². The fraction of sp³-hybridized carbons (Fsp3) is 0.174. The van der Waals surface area contributed by atoms with E-state index in [2.05, 4.69) is 0 Å². The van der Waals surface area contributed by atoms with Gasteiger partial charge in [-0.3, -0.25) is 19.0 Å². The number of hydrogen-bond acceptors (Lipinski definition) is 5. The van der Waals surface area contributed by atoms with E-state index < -0.39 is 23.0 Å². The number of rotatable bonds is 7. The zero-order chi connectivity index (χ0) is 22.5. The standard InChI is InChI=1S/C23H20F2N2O4/c1-14(28)31-12-2-3-15-4-7-17(8-5-15)27-21(29)11-10-19(23(27)26)22(30)18-9-6-16(24)13-20(18)25/h4-11,13H,2-3,12,26H2,1H3. The summed E-state index contributed by atoms with van der Waals surface area (Å²) in [7, 11) is 0. The molecule has 0 aliphatic rings. The second kappa shape index (κ2) is 9.34. The minimum Gasteiger partial charge on any atom is -0.466 e. The Kier molecular flexibility index (Phi) is 6.59. The number of carbonyl (C=O) groups excluding carboxylic acids is 2. The number of halogens is 2. The number of nitrogens with two attached hydrogens (primary N) is 1. The molecule has 0 amide bonds. The summed E-state index contributed by atoms with van der Waals surface area (Å²) in [6.45, 7) is 1.66. The summed E-state index contributed by atoms with van der Waals surface area (Å²) in [5.41, 5.74) is 6.61. The number of ether oxygens (including phenoxy) is 1. The fourth-order valence-corrected chi connectivity index (χ4v) is 3.13. The molecule has 0 aliphatic carbocycles. The molecule has 0 spiro atoms. The topological polar surface area (TPSA) is 91.4 Å². The van der Waals surface area contributed by atoms with Crippen LogP contribution in [0.2, 0.25) is 0 Å². The van der Waals surface area contributed by atoms with Gasteiger partial charge in [0, 0.05) is 19.1 Å². The third kappa shape index (κ3) is 5.03. The van der Waals surface area contributed by atoms with Crippen molar-refractivity contribution in [3.63, 3.8) is 0 Å². The van der Waals surface area contributed by atoms with Gasteiger partial charge in [-0.15, -0.1) is 0 Å². The summed E-state index contributed by atoms with van der Waals surface area (Å²) in [5.74, 6) is -3.06. The number of hydrogen-bond donors (Lipinski definition) is 1. The lowest BCUT2D eigenvalue weighted by Gasteiger charge is -2.14. The molecule has 0 radical (unpaired) electrons. The normalized spacial score (nSPS) is 10.7. The van der Waals surface area contributed by atoms with E-state index in [0.717, 1.165) is 28.3 Å². The Bertz CT molecular complexity index is 1190. The lowest BCUT2D eigenvalue weighted by Crippen LogP contribution is -2.23. The van der Waals surface area contributed by atoms with Crippen LogP contribution in [-0.2, 0) is 16.0 Å². The Hall–Kier alpha value is -3.81. The molecule has 1 heterocycles. The van der Waals surface area contributed by atoms with Crippen LogP contribution in [0.4, 0.5) is 14.6 Å². The van der Waals surface area contributed by atoms with Gasteiger partial charge in [-0.1, -0.05) is 12.1 Å². The van der Waals surface area contributed by atoms with Crippen molar-refractivity contribution in [2.75, 3.05) is 12.3 Å². The maximum atomic E-state index is 14.0. The smallest absolute Gasteiger partial charge is 0.302 e. The van der Waals surface area contributed by atoms with Gasteiger partial charge in [-0.2, -0.15) is 0 Å². The average Bonchev–Trinajstić information content (AvgIpc) is 2.72. The van der Waals surface area contributed by atoms with Crippen molar-refractivity contribution >= 4 is 17.6 Å². The molecule has 0 bridgehead atoms. The van der Waals surface area contributed by atoms with Crippen LogP contribution in [0.3, 0.4) is 0 Å². The maximum Gasteiger partial charge on any atom is 0.302 e. The van der Waals surface area contributed by atoms with Gasteiger partial charge in [0.2, 0.25) is 0 Å². The van der Waals surface area contributed by atoms with E-state index in [1.807, 2.05) is 0 Å². The van der Waals surface area contributed by atoms with Gasteiger partial charge in [0.25, 0.3) is 5.56 Å². The van der Waals surface area contributed by atoms with E-state index in [4.69, 9.17) is 10.5 Å². The van der Waals surface area contributed by atoms with Crippen LogP contribution in [-0.4, -0.2) is 22.9 Å². The quantitative estimate of drug-likeness (QED) is 0.355. The predicted molar refractivity (Wildman–Crippen MR) is 111 cm³/mol. The molecule has 160 valence electrons. The molecule has 2 N–H and O–H groups in total. The molecule has 0 unspecified atom stereocenters. The lowest BCUT2D eigenvalue weighted by atomic mass is 10.0. The van der Waals surface area contributed by atoms with Gasteiger partial charge in [0.1, 0.15) is 17.5 Å². The van der Waals surface area contributed by atoms with Crippen LogP contribution in [0.1, 0.15) is 34.8 Å². The molecule has 0 saturated carbocycles. The number of aromatic nitrogens is 1. The second-order valence-electron chi connectivity index (χ2n) is 6.87. The van der Waals surface area contributed by atoms with Crippen LogP contribution in [0.15, 0.2) is 59.4 Å². The summed E-state index contributed by atoms with van der Waals surface area (Å²) in [6.07, 6.45) is 1.31. The van der Waals surface area contributed by atoms with Gasteiger partial charge >= 0.3 is 5.97 Å². The molecule has 0 saturated heterocycles. The van der Waals surface area contributed by atoms with E-state index in [0.29, 0.717) is 31.2 Å². The lowest BCUT2D eigenvalue weighted by molar-refractivity contribution is -0.141. The Labute approximate surface area is 176 Å². The predicted octanol–water partition coefficient (Wildman–Crippen LogP) is 3.42. The van der Waals surface area contributed by atoms with Crippen molar-refractivity contribution in [3.8, 4) is 5.69 Å². The molecular weight excluding hydrogens is 406 g/mol. The Morgan fingerprint density at radius 2 is 1.68 bits per heavy atom. The van der Waals surface area contributed by atoms with Gasteiger partial charge in [-0.05, 0) is 48.7 Å². The Morgan fingerprint density at radius 1 is 1.00 bits per heavy atom. The minimum absolute atomic E-state index is 0.0735. The van der Waals surface area contributed by atoms with Crippen molar-refractivity contribution in [3.05, 3.63) is 93.3 Å². The third-order valence-corrected chi connectivity index (χ3v) is 4.66. The number of aryl methyl sites for hydroxylation is 1. The van der Waals surface area contributed by atoms with E-state index in [-0.39, 0.29) is 22.9 Å². The molecule has 3 rings (SSSR count). The number of carbonyl (C=O) groups is 2. The molecule has 31 heavy (non-hydrogen) atoms. The third-order valence-electron chi connectivity index (χ3n) is 4.66. The SMILES string of the molecule is CC(=O)OCCCc1ccc(-n2c(N)c(C(=O)c3ccc(F)cc3F)ccc2=O)cc1. The largest absolute Gasteiger partial charge is 0.466 e. The van der Waals surface area contributed by atoms with Crippen molar-refractivity contribution in [1.82, 2.24) is 4.57 Å². The molecule has 1 aromatic heterocycles. The van der Waals surface area contributed by atoms with Crippen LogP contribution in [0, 0.1) is 11.6 Å². The van der Waals surface area contributed by atoms with Crippen molar-refractivity contribution in [2.24, 2.45) is 0 Å². The van der Waals surface area contributed by atoms with Crippen molar-refractivity contribution < 1.29 is 23.1 Å². The number of benzene rings is 2. The molecule has 8 heteroatoms. The van der Waals surface area contributed by atoms with Crippen molar-refractivity contribution in [1.29, 1.82) is 0 Å². The van der Waals surface area contributed by atoms with E-state index in [9.17, 15) is 23.2 Å². The monoisotopic (exact) mass is 426 g/mol. The first-order valence-corrected chi connectivity index (χ1v) is 9.52. The summed E-state index contributed by atoms with van der Waals surface area (Å²) >= 11 is 0. The zero-order valence-corrected chi connectivity index (χ0v) is 16.7. The van der Waals surface area contributed by atoms with Gasteiger partial charge in [-0.25, -0.2) is 8.78 Å². The number of ketones is 1. The number of nitrogen functional groups attached to an aromatic ring is 1. The number of esters is 1. The molecule has 2 aromatic carbocycles.